The van der Waals surface area contributed by atoms with Crippen molar-refractivity contribution in [2.45, 2.75) is 13.3 Å². The summed E-state index contributed by atoms with van der Waals surface area (Å²) in [6.45, 7) is 2.12. The lowest BCUT2D eigenvalue weighted by Crippen LogP contribution is -1.78. The third-order valence-electron chi connectivity index (χ3n) is 2.83. The Bertz CT molecular complexity index is 611. The third-order valence-corrected chi connectivity index (χ3v) is 2.83. The van der Waals surface area contributed by atoms with Crippen LogP contribution in [0.15, 0.2) is 58.6 Å². The van der Waals surface area contributed by atoms with Crippen LogP contribution in [-0.2, 0) is 0 Å². The van der Waals surface area contributed by atoms with Gasteiger partial charge >= 0.3 is 0 Å². The highest BCUT2D eigenvalue weighted by Gasteiger charge is 2.08. The molecule has 17 heavy (non-hydrogen) atoms. The van der Waals surface area contributed by atoms with Crippen molar-refractivity contribution >= 4 is 16.7 Å². The number of benzene rings is 1. The van der Waals surface area contributed by atoms with Gasteiger partial charge in [-0.25, -0.2) is 4.98 Å². The van der Waals surface area contributed by atoms with E-state index >= 15 is 0 Å². The highest BCUT2D eigenvalue weighted by atomic mass is 16.3. The summed E-state index contributed by atoms with van der Waals surface area (Å²) in [4.78, 5) is 4.49. The summed E-state index contributed by atoms with van der Waals surface area (Å²) in [5, 5.41) is 0. The number of nitrogens with zero attached hydrogens (tertiary/aromatic N) is 1. The van der Waals surface area contributed by atoms with E-state index in [1.54, 1.807) is 0 Å². The molecule has 1 heterocycles. The van der Waals surface area contributed by atoms with Gasteiger partial charge in [0.25, 0.3) is 0 Å². The Labute approximate surface area is 100.0 Å². The molecular formula is C15H13NO. The van der Waals surface area contributed by atoms with E-state index in [0.29, 0.717) is 5.89 Å². The van der Waals surface area contributed by atoms with E-state index in [2.05, 4.69) is 36.2 Å². The maximum absolute atomic E-state index is 5.74. The zero-order chi connectivity index (χ0) is 11.7. The van der Waals surface area contributed by atoms with E-state index in [4.69, 9.17) is 4.42 Å². The van der Waals surface area contributed by atoms with Crippen LogP contribution in [-0.4, -0.2) is 4.98 Å². The van der Waals surface area contributed by atoms with Crippen LogP contribution >= 0.6 is 0 Å². The fourth-order valence-corrected chi connectivity index (χ4v) is 1.87. The second-order valence-electron chi connectivity index (χ2n) is 4.23. The molecule has 1 aromatic carbocycles. The number of rotatable bonds is 1. The zero-order valence-electron chi connectivity index (χ0n) is 9.68. The Balaban J connectivity index is 2.09. The lowest BCUT2D eigenvalue weighted by molar-refractivity contribution is 0.586. The van der Waals surface area contributed by atoms with E-state index < -0.39 is 0 Å². The summed E-state index contributed by atoms with van der Waals surface area (Å²) in [5.74, 6) is 0.688. The predicted molar refractivity (Wildman–Crippen MR) is 69.5 cm³/mol. The lowest BCUT2D eigenvalue weighted by Gasteiger charge is -1.91. The SMILES string of the molecule is CC1=CC=C(c2nc3ccccc3o2)C=CC1. The first-order valence-electron chi connectivity index (χ1n) is 5.73. The van der Waals surface area contributed by atoms with Gasteiger partial charge in [0.1, 0.15) is 5.52 Å². The molecule has 0 aliphatic heterocycles. The molecule has 2 heteroatoms. The second kappa shape index (κ2) is 4.06. The van der Waals surface area contributed by atoms with Crippen LogP contribution in [0.5, 0.6) is 0 Å². The molecular weight excluding hydrogens is 210 g/mol. The van der Waals surface area contributed by atoms with Crippen LogP contribution in [0.3, 0.4) is 0 Å². The molecule has 0 saturated carbocycles. The number of hydrogen-bond donors (Lipinski definition) is 0. The minimum Gasteiger partial charge on any atom is -0.436 e. The summed E-state index contributed by atoms with van der Waals surface area (Å²) >= 11 is 0. The van der Waals surface area contributed by atoms with Crippen LogP contribution < -0.4 is 0 Å². The molecule has 0 unspecified atom stereocenters. The first kappa shape index (κ1) is 10.1. The molecule has 0 atom stereocenters. The van der Waals surface area contributed by atoms with Crippen LogP contribution in [0.1, 0.15) is 19.2 Å². The van der Waals surface area contributed by atoms with Crippen molar-refractivity contribution in [3.05, 3.63) is 60.0 Å². The van der Waals surface area contributed by atoms with Crippen molar-refractivity contribution in [3.8, 4) is 0 Å². The van der Waals surface area contributed by atoms with Crippen molar-refractivity contribution < 1.29 is 4.42 Å². The van der Waals surface area contributed by atoms with E-state index in [1.807, 2.05) is 24.3 Å². The Morgan fingerprint density at radius 2 is 2.06 bits per heavy atom. The Kier molecular flexibility index (Phi) is 2.41. The molecule has 2 nitrogen and oxygen atoms in total. The van der Waals surface area contributed by atoms with E-state index in [0.717, 1.165) is 23.1 Å². The highest BCUT2D eigenvalue weighted by Crippen LogP contribution is 2.23. The van der Waals surface area contributed by atoms with Crippen LogP contribution in [0.25, 0.3) is 16.7 Å². The lowest BCUT2D eigenvalue weighted by atomic mass is 10.2. The zero-order valence-corrected chi connectivity index (χ0v) is 9.68. The number of fused-ring (bicyclic) bond motifs is 1. The second-order valence-corrected chi connectivity index (χ2v) is 4.23. The van der Waals surface area contributed by atoms with Gasteiger partial charge in [-0.3, -0.25) is 0 Å². The van der Waals surface area contributed by atoms with Gasteiger partial charge in [-0.1, -0.05) is 35.9 Å². The average Bonchev–Trinajstić information content (AvgIpc) is 2.65. The number of oxazole rings is 1. The minimum atomic E-state index is 0.688. The van der Waals surface area contributed by atoms with Gasteiger partial charge in [0.05, 0.1) is 0 Å². The predicted octanol–water partition coefficient (Wildman–Crippen LogP) is 4.12. The standard InChI is InChI=1S/C15H13NO/c1-11-5-4-6-12(10-9-11)15-16-13-7-2-3-8-14(13)17-15/h2-4,6-10H,5H2,1H3. The fraction of sp³-hybridized carbons (Fsp3) is 0.133. The summed E-state index contributed by atoms with van der Waals surface area (Å²) in [5.41, 5.74) is 4.11. The largest absolute Gasteiger partial charge is 0.436 e. The molecule has 0 amide bonds. The molecule has 0 saturated heterocycles. The van der Waals surface area contributed by atoms with Crippen molar-refractivity contribution in [3.63, 3.8) is 0 Å². The van der Waals surface area contributed by atoms with Gasteiger partial charge < -0.3 is 4.42 Å². The van der Waals surface area contributed by atoms with Gasteiger partial charge in [0.15, 0.2) is 5.58 Å². The quantitative estimate of drug-likeness (QED) is 0.726. The molecule has 0 bridgehead atoms. The number of hydrogen-bond acceptors (Lipinski definition) is 2. The Hall–Kier alpha value is -2.09. The molecule has 1 aliphatic rings. The summed E-state index contributed by atoms with van der Waals surface area (Å²) in [6, 6.07) is 7.83. The van der Waals surface area contributed by atoms with E-state index in [-0.39, 0.29) is 0 Å². The summed E-state index contributed by atoms with van der Waals surface area (Å²) in [7, 11) is 0. The Morgan fingerprint density at radius 1 is 1.18 bits per heavy atom. The number of para-hydroxylation sites is 2. The molecule has 84 valence electrons. The van der Waals surface area contributed by atoms with Gasteiger partial charge in [-0.05, 0) is 31.6 Å². The fourth-order valence-electron chi connectivity index (χ4n) is 1.87. The minimum absolute atomic E-state index is 0.688. The van der Waals surface area contributed by atoms with Crippen molar-refractivity contribution in [1.82, 2.24) is 4.98 Å². The monoisotopic (exact) mass is 223 g/mol. The van der Waals surface area contributed by atoms with Crippen molar-refractivity contribution in [1.29, 1.82) is 0 Å². The van der Waals surface area contributed by atoms with Gasteiger partial charge in [0, 0.05) is 5.57 Å². The van der Waals surface area contributed by atoms with E-state index in [1.165, 1.54) is 5.57 Å². The average molecular weight is 223 g/mol. The summed E-state index contributed by atoms with van der Waals surface area (Å²) in [6.07, 6.45) is 9.37. The first-order valence-corrected chi connectivity index (χ1v) is 5.73. The maximum Gasteiger partial charge on any atom is 0.227 e. The molecule has 0 radical (unpaired) electrons. The van der Waals surface area contributed by atoms with Crippen LogP contribution in [0, 0.1) is 0 Å². The smallest absolute Gasteiger partial charge is 0.227 e. The number of aromatic nitrogens is 1. The molecule has 1 aromatic heterocycles. The topological polar surface area (TPSA) is 26.0 Å². The molecule has 2 aromatic rings. The first-order chi connectivity index (χ1) is 8.33. The molecule has 1 aliphatic carbocycles. The maximum atomic E-state index is 5.74. The molecule has 0 spiro atoms. The molecule has 0 N–H and O–H groups in total. The Morgan fingerprint density at radius 3 is 2.94 bits per heavy atom. The van der Waals surface area contributed by atoms with Crippen LogP contribution in [0.4, 0.5) is 0 Å². The van der Waals surface area contributed by atoms with E-state index in [9.17, 15) is 0 Å². The third kappa shape index (κ3) is 1.94. The van der Waals surface area contributed by atoms with Gasteiger partial charge in [-0.2, -0.15) is 0 Å². The van der Waals surface area contributed by atoms with Gasteiger partial charge in [0.2, 0.25) is 5.89 Å². The number of allylic oxidation sites excluding steroid dienone is 6. The normalized spacial score (nSPS) is 15.6. The van der Waals surface area contributed by atoms with Crippen molar-refractivity contribution in [2.24, 2.45) is 0 Å². The van der Waals surface area contributed by atoms with Gasteiger partial charge in [-0.15, -0.1) is 0 Å². The van der Waals surface area contributed by atoms with Crippen molar-refractivity contribution in [2.75, 3.05) is 0 Å². The summed E-state index contributed by atoms with van der Waals surface area (Å²) < 4.78 is 5.74. The van der Waals surface area contributed by atoms with Crippen LogP contribution in [0.2, 0.25) is 0 Å². The molecule has 0 fully saturated rings. The molecule has 3 rings (SSSR count). The highest BCUT2D eigenvalue weighted by molar-refractivity contribution is 5.78.